The fraction of sp³-hybridized carbons (Fsp3) is 0.231. The Bertz CT molecular complexity index is 1210. The van der Waals surface area contributed by atoms with Crippen LogP contribution in [0.1, 0.15) is 16.7 Å². The zero-order valence-electron chi connectivity index (χ0n) is 18.6. The Hall–Kier alpha value is -3.31. The van der Waals surface area contributed by atoms with Gasteiger partial charge in [-0.15, -0.1) is 0 Å². The van der Waals surface area contributed by atoms with Crippen LogP contribution in [0.25, 0.3) is 10.9 Å². The van der Waals surface area contributed by atoms with Crippen LogP contribution in [-0.4, -0.2) is 33.0 Å². The molecule has 0 fully saturated rings. The molecule has 0 saturated heterocycles. The summed E-state index contributed by atoms with van der Waals surface area (Å²) in [7, 11) is 6.55. The van der Waals surface area contributed by atoms with Crippen molar-refractivity contribution in [2.45, 2.75) is 13.0 Å². The maximum Gasteiger partial charge on any atom is 0.203 e. The number of rotatable bonds is 8. The molecule has 4 rings (SSSR count). The number of nitrogens with zero attached hydrogens (tertiary/aromatic N) is 1. The van der Waals surface area contributed by atoms with Crippen LogP contribution in [0.15, 0.2) is 60.8 Å². The molecule has 4 aromatic rings. The molecule has 1 aromatic heterocycles. The third-order valence-electron chi connectivity index (χ3n) is 5.56. The predicted octanol–water partition coefficient (Wildman–Crippen LogP) is 5.97. The lowest BCUT2D eigenvalue weighted by Crippen LogP contribution is -1.98. The van der Waals surface area contributed by atoms with Crippen LogP contribution in [0, 0.1) is 0 Å². The lowest BCUT2D eigenvalue weighted by Gasteiger charge is -2.14. The van der Waals surface area contributed by atoms with Crippen molar-refractivity contribution in [1.29, 1.82) is 0 Å². The molecule has 0 amide bonds. The van der Waals surface area contributed by atoms with Gasteiger partial charge in [0.1, 0.15) is 5.75 Å². The van der Waals surface area contributed by atoms with Crippen molar-refractivity contribution in [3.63, 3.8) is 0 Å². The first-order chi connectivity index (χ1) is 15.6. The summed E-state index contributed by atoms with van der Waals surface area (Å²) in [5.74, 6) is 2.71. The average molecular weight is 452 g/mol. The number of hydrogen-bond donors (Lipinski definition) is 0. The van der Waals surface area contributed by atoms with Crippen LogP contribution >= 0.6 is 11.6 Å². The molecule has 0 saturated carbocycles. The highest BCUT2D eigenvalue weighted by Crippen LogP contribution is 2.39. The van der Waals surface area contributed by atoms with Gasteiger partial charge in [0, 0.05) is 29.2 Å². The number of benzene rings is 3. The Morgan fingerprint density at radius 2 is 1.44 bits per heavy atom. The predicted molar refractivity (Wildman–Crippen MR) is 128 cm³/mol. The summed E-state index contributed by atoms with van der Waals surface area (Å²) >= 11 is 6.06. The first-order valence-corrected chi connectivity index (χ1v) is 10.6. The molecule has 0 N–H and O–H groups in total. The van der Waals surface area contributed by atoms with Gasteiger partial charge >= 0.3 is 0 Å². The fourth-order valence-corrected chi connectivity index (χ4v) is 4.12. The molecule has 0 bridgehead atoms. The highest BCUT2D eigenvalue weighted by molar-refractivity contribution is 6.30. The first kappa shape index (κ1) is 21.9. The molecule has 0 aliphatic rings. The van der Waals surface area contributed by atoms with E-state index in [1.807, 2.05) is 42.5 Å². The Balaban J connectivity index is 1.77. The van der Waals surface area contributed by atoms with Crippen LogP contribution in [-0.2, 0) is 13.0 Å². The number of aromatic nitrogens is 1. The molecular weight excluding hydrogens is 426 g/mol. The number of methoxy groups -OCH3 is 4. The second-order valence-corrected chi connectivity index (χ2v) is 7.94. The molecule has 0 unspecified atom stereocenters. The Morgan fingerprint density at radius 1 is 0.750 bits per heavy atom. The highest BCUT2D eigenvalue weighted by atomic mass is 35.5. The Morgan fingerprint density at radius 3 is 2.03 bits per heavy atom. The van der Waals surface area contributed by atoms with Crippen LogP contribution in [0.2, 0.25) is 5.02 Å². The van der Waals surface area contributed by atoms with Crippen molar-refractivity contribution in [3.05, 3.63) is 82.5 Å². The molecule has 0 aliphatic carbocycles. The van der Waals surface area contributed by atoms with Crippen LogP contribution in [0.5, 0.6) is 23.0 Å². The van der Waals surface area contributed by atoms with E-state index >= 15 is 0 Å². The molecule has 5 nitrogen and oxygen atoms in total. The standard InChI is InChI=1S/C26H26ClNO4/c1-29-21-9-10-22-19(11-18-12-24(30-2)26(32-4)25(13-18)31-3)16-28(23(22)14-21)15-17-5-7-20(27)8-6-17/h5-10,12-14,16H,11,15H2,1-4H3. The van der Waals surface area contributed by atoms with Crippen LogP contribution < -0.4 is 18.9 Å². The number of fused-ring (bicyclic) bond motifs is 1. The minimum atomic E-state index is 0.591. The van der Waals surface area contributed by atoms with E-state index in [0.29, 0.717) is 23.7 Å². The number of ether oxygens (including phenoxy) is 4. The van der Waals surface area contributed by atoms with Crippen molar-refractivity contribution in [2.24, 2.45) is 0 Å². The van der Waals surface area contributed by atoms with E-state index in [4.69, 9.17) is 30.5 Å². The van der Waals surface area contributed by atoms with Gasteiger partial charge in [0.05, 0.1) is 34.0 Å². The lowest BCUT2D eigenvalue weighted by atomic mass is 10.0. The van der Waals surface area contributed by atoms with Crippen molar-refractivity contribution in [2.75, 3.05) is 28.4 Å². The number of hydrogen-bond acceptors (Lipinski definition) is 4. The Labute approximate surface area is 193 Å². The van der Waals surface area contributed by atoms with E-state index in [0.717, 1.165) is 28.4 Å². The lowest BCUT2D eigenvalue weighted by molar-refractivity contribution is 0.324. The second kappa shape index (κ2) is 9.45. The van der Waals surface area contributed by atoms with Crippen molar-refractivity contribution in [3.8, 4) is 23.0 Å². The van der Waals surface area contributed by atoms with Crippen molar-refractivity contribution in [1.82, 2.24) is 4.57 Å². The fourth-order valence-electron chi connectivity index (χ4n) is 3.99. The monoisotopic (exact) mass is 451 g/mol. The van der Waals surface area contributed by atoms with E-state index in [1.54, 1.807) is 28.4 Å². The third-order valence-corrected chi connectivity index (χ3v) is 5.81. The average Bonchev–Trinajstić information content (AvgIpc) is 3.15. The summed E-state index contributed by atoms with van der Waals surface area (Å²) in [6.45, 7) is 0.732. The summed E-state index contributed by atoms with van der Waals surface area (Å²) in [6.07, 6.45) is 2.91. The topological polar surface area (TPSA) is 41.9 Å². The van der Waals surface area contributed by atoms with Crippen LogP contribution in [0.3, 0.4) is 0 Å². The van der Waals surface area contributed by atoms with E-state index in [1.165, 1.54) is 16.5 Å². The molecule has 0 radical (unpaired) electrons. The molecule has 3 aromatic carbocycles. The van der Waals surface area contributed by atoms with Crippen LogP contribution in [0.4, 0.5) is 0 Å². The summed E-state index contributed by atoms with van der Waals surface area (Å²) in [4.78, 5) is 0. The molecule has 32 heavy (non-hydrogen) atoms. The minimum Gasteiger partial charge on any atom is -0.497 e. The van der Waals surface area contributed by atoms with E-state index in [-0.39, 0.29) is 0 Å². The summed E-state index contributed by atoms with van der Waals surface area (Å²) in [6, 6.07) is 18.1. The van der Waals surface area contributed by atoms with Gasteiger partial charge in [0.15, 0.2) is 11.5 Å². The van der Waals surface area contributed by atoms with Crippen molar-refractivity contribution < 1.29 is 18.9 Å². The maximum absolute atomic E-state index is 6.06. The highest BCUT2D eigenvalue weighted by Gasteiger charge is 2.16. The van der Waals surface area contributed by atoms with E-state index < -0.39 is 0 Å². The van der Waals surface area contributed by atoms with E-state index in [9.17, 15) is 0 Å². The first-order valence-electron chi connectivity index (χ1n) is 10.2. The van der Waals surface area contributed by atoms with Gasteiger partial charge in [-0.2, -0.15) is 0 Å². The van der Waals surface area contributed by atoms with Gasteiger partial charge in [0.2, 0.25) is 5.75 Å². The molecule has 1 heterocycles. The van der Waals surface area contributed by atoms with Gasteiger partial charge < -0.3 is 23.5 Å². The van der Waals surface area contributed by atoms with E-state index in [2.05, 4.69) is 22.9 Å². The van der Waals surface area contributed by atoms with Gasteiger partial charge in [-0.25, -0.2) is 0 Å². The van der Waals surface area contributed by atoms with Gasteiger partial charge in [-0.05, 0) is 59.5 Å². The number of halogens is 1. The zero-order chi connectivity index (χ0) is 22.7. The molecule has 6 heteroatoms. The van der Waals surface area contributed by atoms with Gasteiger partial charge in [-0.1, -0.05) is 23.7 Å². The SMILES string of the molecule is COc1ccc2c(Cc3cc(OC)c(OC)c(OC)c3)cn(Cc3ccc(Cl)cc3)c2c1. The zero-order valence-corrected chi connectivity index (χ0v) is 19.4. The minimum absolute atomic E-state index is 0.591. The molecule has 166 valence electrons. The van der Waals surface area contributed by atoms with Gasteiger partial charge in [-0.3, -0.25) is 0 Å². The second-order valence-electron chi connectivity index (χ2n) is 7.50. The molecule has 0 atom stereocenters. The molecule has 0 spiro atoms. The molecular formula is C26H26ClNO4. The maximum atomic E-state index is 6.06. The third kappa shape index (κ3) is 4.34. The summed E-state index contributed by atoms with van der Waals surface area (Å²) in [5, 5.41) is 1.91. The largest absolute Gasteiger partial charge is 0.497 e. The smallest absolute Gasteiger partial charge is 0.203 e. The normalized spacial score (nSPS) is 10.9. The van der Waals surface area contributed by atoms with Crippen molar-refractivity contribution >= 4 is 22.5 Å². The molecule has 0 aliphatic heterocycles. The summed E-state index contributed by atoms with van der Waals surface area (Å²) in [5.41, 5.74) is 4.56. The van der Waals surface area contributed by atoms with Gasteiger partial charge in [0.25, 0.3) is 0 Å². The quantitative estimate of drug-likeness (QED) is 0.331. The Kier molecular flexibility index (Phi) is 6.47. The summed E-state index contributed by atoms with van der Waals surface area (Å²) < 4.78 is 24.2.